The lowest BCUT2D eigenvalue weighted by Crippen LogP contribution is -2.40. The first-order valence-corrected chi connectivity index (χ1v) is 9.49. The lowest BCUT2D eigenvalue weighted by atomic mass is 9.96. The smallest absolute Gasteiger partial charge is 0.240 e. The minimum Gasteiger partial charge on any atom is -0.379 e. The van der Waals surface area contributed by atoms with Gasteiger partial charge in [-0.15, -0.1) is 0 Å². The molecule has 5 nitrogen and oxygen atoms in total. The van der Waals surface area contributed by atoms with Crippen LogP contribution in [-0.2, 0) is 21.2 Å². The van der Waals surface area contributed by atoms with Crippen molar-refractivity contribution in [2.24, 2.45) is 5.92 Å². The summed E-state index contributed by atoms with van der Waals surface area (Å²) in [6.07, 6.45) is 4.27. The molecule has 0 amide bonds. The zero-order valence-electron chi connectivity index (χ0n) is 13.9. The molecule has 0 spiro atoms. The molecule has 1 fully saturated rings. The van der Waals surface area contributed by atoms with Crippen molar-refractivity contribution < 1.29 is 13.2 Å². The second kappa shape index (κ2) is 7.01. The van der Waals surface area contributed by atoms with Gasteiger partial charge in [-0.05, 0) is 61.2 Å². The predicted octanol–water partition coefficient (Wildman–Crippen LogP) is 2.23. The highest BCUT2D eigenvalue weighted by Gasteiger charge is 2.32. The van der Waals surface area contributed by atoms with Crippen LogP contribution in [0.5, 0.6) is 0 Å². The second-order valence-electron chi connectivity index (χ2n) is 6.41. The molecule has 0 unspecified atom stereocenters. The molecule has 0 aliphatic carbocycles. The van der Waals surface area contributed by atoms with E-state index in [2.05, 4.69) is 9.71 Å². The van der Waals surface area contributed by atoms with Crippen LogP contribution in [0.15, 0.2) is 47.6 Å². The fourth-order valence-corrected chi connectivity index (χ4v) is 4.58. The van der Waals surface area contributed by atoms with Crippen LogP contribution in [0.3, 0.4) is 0 Å². The van der Waals surface area contributed by atoms with Crippen LogP contribution in [0.4, 0.5) is 0 Å². The number of hydrogen-bond acceptors (Lipinski definition) is 4. The van der Waals surface area contributed by atoms with Crippen molar-refractivity contribution in [3.8, 4) is 0 Å². The van der Waals surface area contributed by atoms with Crippen molar-refractivity contribution in [3.05, 3.63) is 59.4 Å². The van der Waals surface area contributed by atoms with Crippen LogP contribution >= 0.6 is 0 Å². The summed E-state index contributed by atoms with van der Waals surface area (Å²) in [6.45, 7) is 4.76. The number of aromatic nitrogens is 1. The molecule has 2 aromatic rings. The number of aryl methyl sites for hydroxylation is 2. The summed E-state index contributed by atoms with van der Waals surface area (Å²) in [4.78, 5) is 4.33. The molecular formula is C18H22N2O3S. The van der Waals surface area contributed by atoms with E-state index in [-0.39, 0.29) is 12.0 Å². The van der Waals surface area contributed by atoms with E-state index in [0.717, 1.165) is 23.1 Å². The normalized spacial score (nSPS) is 21.1. The summed E-state index contributed by atoms with van der Waals surface area (Å²) in [5.41, 5.74) is 3.01. The van der Waals surface area contributed by atoms with Gasteiger partial charge in [0.1, 0.15) is 0 Å². The number of nitrogens with zero attached hydrogens (tertiary/aromatic N) is 1. The maximum Gasteiger partial charge on any atom is 0.240 e. The number of sulfonamides is 1. The summed E-state index contributed by atoms with van der Waals surface area (Å²) in [6, 6.07) is 9.04. The molecular weight excluding hydrogens is 324 g/mol. The Morgan fingerprint density at radius 2 is 1.79 bits per heavy atom. The van der Waals surface area contributed by atoms with E-state index >= 15 is 0 Å². The topological polar surface area (TPSA) is 68.3 Å². The Morgan fingerprint density at radius 1 is 1.12 bits per heavy atom. The molecule has 1 aliphatic rings. The van der Waals surface area contributed by atoms with Gasteiger partial charge in [-0.25, -0.2) is 13.1 Å². The molecule has 0 bridgehead atoms. The average molecular weight is 346 g/mol. The van der Waals surface area contributed by atoms with E-state index < -0.39 is 10.0 Å². The molecule has 2 heterocycles. The second-order valence-corrected chi connectivity index (χ2v) is 8.12. The van der Waals surface area contributed by atoms with Crippen molar-refractivity contribution in [3.63, 3.8) is 0 Å². The predicted molar refractivity (Wildman–Crippen MR) is 92.3 cm³/mol. The van der Waals surface area contributed by atoms with E-state index in [1.54, 1.807) is 24.5 Å². The quantitative estimate of drug-likeness (QED) is 0.901. The van der Waals surface area contributed by atoms with Gasteiger partial charge in [0.05, 0.1) is 24.2 Å². The van der Waals surface area contributed by atoms with E-state index in [1.165, 1.54) is 0 Å². The Balaban J connectivity index is 1.76. The van der Waals surface area contributed by atoms with Crippen LogP contribution in [-0.4, -0.2) is 32.7 Å². The lowest BCUT2D eigenvalue weighted by molar-refractivity contribution is 0.183. The van der Waals surface area contributed by atoms with E-state index in [1.807, 2.05) is 32.0 Å². The lowest BCUT2D eigenvalue weighted by Gasteiger charge is -2.19. The molecule has 128 valence electrons. The highest BCUT2D eigenvalue weighted by molar-refractivity contribution is 7.89. The molecule has 1 N–H and O–H groups in total. The van der Waals surface area contributed by atoms with Crippen LogP contribution < -0.4 is 4.72 Å². The van der Waals surface area contributed by atoms with Crippen LogP contribution in [0.1, 0.15) is 16.7 Å². The number of pyridine rings is 1. The largest absolute Gasteiger partial charge is 0.379 e. The minimum atomic E-state index is -3.56. The SMILES string of the molecule is Cc1cc(C)cc(S(=O)(=O)N[C@H]2COC[C@H]2Cc2ccncc2)c1. The molecule has 1 saturated heterocycles. The number of ether oxygens (including phenoxy) is 1. The zero-order chi connectivity index (χ0) is 17.2. The number of benzene rings is 1. The Labute approximate surface area is 143 Å². The first kappa shape index (κ1) is 17.1. The Bertz CT molecular complexity index is 786. The van der Waals surface area contributed by atoms with Gasteiger partial charge in [-0.1, -0.05) is 6.07 Å². The summed E-state index contributed by atoms with van der Waals surface area (Å²) in [5, 5.41) is 0. The Morgan fingerprint density at radius 3 is 2.46 bits per heavy atom. The van der Waals surface area contributed by atoms with E-state index in [4.69, 9.17) is 4.74 Å². The van der Waals surface area contributed by atoms with Crippen molar-refractivity contribution in [2.75, 3.05) is 13.2 Å². The van der Waals surface area contributed by atoms with Crippen molar-refractivity contribution in [1.82, 2.24) is 9.71 Å². The third-order valence-electron chi connectivity index (χ3n) is 4.26. The van der Waals surface area contributed by atoms with Crippen LogP contribution in [0.2, 0.25) is 0 Å². The van der Waals surface area contributed by atoms with Gasteiger partial charge in [0.2, 0.25) is 10.0 Å². The molecule has 6 heteroatoms. The monoisotopic (exact) mass is 346 g/mol. The molecule has 2 atom stereocenters. The maximum atomic E-state index is 12.7. The molecule has 0 saturated carbocycles. The van der Waals surface area contributed by atoms with Gasteiger partial charge >= 0.3 is 0 Å². The third kappa shape index (κ3) is 4.01. The first-order valence-electron chi connectivity index (χ1n) is 8.01. The van der Waals surface area contributed by atoms with Crippen LogP contribution in [0, 0.1) is 19.8 Å². The molecule has 1 aliphatic heterocycles. The van der Waals surface area contributed by atoms with Gasteiger partial charge in [-0.3, -0.25) is 4.98 Å². The fraction of sp³-hybridized carbons (Fsp3) is 0.389. The summed E-state index contributed by atoms with van der Waals surface area (Å²) < 4.78 is 33.8. The Kier molecular flexibility index (Phi) is 4.99. The van der Waals surface area contributed by atoms with Crippen LogP contribution in [0.25, 0.3) is 0 Å². The highest BCUT2D eigenvalue weighted by atomic mass is 32.2. The molecule has 24 heavy (non-hydrogen) atoms. The number of rotatable bonds is 5. The Hall–Kier alpha value is -1.76. The third-order valence-corrected chi connectivity index (χ3v) is 5.73. The van der Waals surface area contributed by atoms with Crippen molar-refractivity contribution in [1.29, 1.82) is 0 Å². The van der Waals surface area contributed by atoms with E-state index in [0.29, 0.717) is 18.1 Å². The first-order chi connectivity index (χ1) is 11.4. The fourth-order valence-electron chi connectivity index (χ4n) is 3.11. The number of nitrogens with one attached hydrogen (secondary N) is 1. The molecule has 0 radical (unpaired) electrons. The molecule has 3 rings (SSSR count). The summed E-state index contributed by atoms with van der Waals surface area (Å²) >= 11 is 0. The summed E-state index contributed by atoms with van der Waals surface area (Å²) in [7, 11) is -3.56. The van der Waals surface area contributed by atoms with Gasteiger partial charge in [0, 0.05) is 18.3 Å². The maximum absolute atomic E-state index is 12.7. The van der Waals surface area contributed by atoms with Gasteiger partial charge in [0.15, 0.2) is 0 Å². The van der Waals surface area contributed by atoms with Gasteiger partial charge in [0.25, 0.3) is 0 Å². The molecule has 1 aromatic carbocycles. The van der Waals surface area contributed by atoms with E-state index in [9.17, 15) is 8.42 Å². The average Bonchev–Trinajstić information content (AvgIpc) is 2.93. The van der Waals surface area contributed by atoms with Gasteiger partial charge in [-0.2, -0.15) is 0 Å². The minimum absolute atomic E-state index is 0.119. The van der Waals surface area contributed by atoms with Crippen molar-refractivity contribution >= 4 is 10.0 Å². The van der Waals surface area contributed by atoms with Crippen molar-refractivity contribution in [2.45, 2.75) is 31.2 Å². The van der Waals surface area contributed by atoms with Gasteiger partial charge < -0.3 is 4.74 Å². The zero-order valence-corrected chi connectivity index (χ0v) is 14.7. The standard InChI is InChI=1S/C18H22N2O3S/c1-13-7-14(2)9-17(8-13)24(21,22)20-18-12-23-11-16(18)10-15-3-5-19-6-4-15/h3-9,16,18,20H,10-12H2,1-2H3/t16-,18+/m1/s1. The highest BCUT2D eigenvalue weighted by Crippen LogP contribution is 2.22. The molecule has 1 aromatic heterocycles. The summed E-state index contributed by atoms with van der Waals surface area (Å²) in [5.74, 6) is 0.119. The number of hydrogen-bond donors (Lipinski definition) is 1.